The van der Waals surface area contributed by atoms with Crippen molar-refractivity contribution in [3.8, 4) is 0 Å². The Morgan fingerprint density at radius 2 is 2.00 bits per heavy atom. The van der Waals surface area contributed by atoms with Gasteiger partial charge in [-0.25, -0.2) is 4.39 Å². The monoisotopic (exact) mass is 235 g/mol. The van der Waals surface area contributed by atoms with Crippen LogP contribution >= 0.6 is 11.6 Å². The number of ketones is 1. The van der Waals surface area contributed by atoms with Gasteiger partial charge in [-0.2, -0.15) is 4.39 Å². The lowest BCUT2D eigenvalue weighted by molar-refractivity contribution is -0.387. The summed E-state index contributed by atoms with van der Waals surface area (Å²) in [5.41, 5.74) is -1.54. The lowest BCUT2D eigenvalue weighted by atomic mass is 10.1. The van der Waals surface area contributed by atoms with Crippen LogP contribution in [0.3, 0.4) is 0 Å². The van der Waals surface area contributed by atoms with Gasteiger partial charge in [-0.15, -0.1) is 11.6 Å². The number of halogens is 3. The van der Waals surface area contributed by atoms with Gasteiger partial charge in [0.25, 0.3) is 0 Å². The lowest BCUT2D eigenvalue weighted by Crippen LogP contribution is -2.06. The maximum Gasteiger partial charge on any atom is 0.305 e. The van der Waals surface area contributed by atoms with E-state index in [0.717, 1.165) is 0 Å². The number of carbonyl (C=O) groups is 1. The van der Waals surface area contributed by atoms with Crippen molar-refractivity contribution < 1.29 is 18.5 Å². The lowest BCUT2D eigenvalue weighted by Gasteiger charge is -2.00. The van der Waals surface area contributed by atoms with Crippen molar-refractivity contribution >= 4 is 23.1 Å². The minimum absolute atomic E-state index is 0.290. The topological polar surface area (TPSA) is 60.2 Å². The normalized spacial score (nSPS) is 10.1. The first kappa shape index (κ1) is 11.5. The first-order valence-electron chi connectivity index (χ1n) is 3.70. The molecule has 0 unspecified atom stereocenters. The van der Waals surface area contributed by atoms with E-state index in [9.17, 15) is 23.7 Å². The number of hydrogen-bond acceptors (Lipinski definition) is 3. The van der Waals surface area contributed by atoms with Crippen LogP contribution in [0.4, 0.5) is 14.5 Å². The fourth-order valence-corrected chi connectivity index (χ4v) is 1.11. The number of nitro benzene ring substituents is 1. The SMILES string of the molecule is O=C(CCl)c1cc([N+](=O)[O-])c(F)cc1F. The van der Waals surface area contributed by atoms with Crippen LogP contribution in [0.1, 0.15) is 10.4 Å². The molecule has 0 heterocycles. The maximum absolute atomic E-state index is 13.0. The summed E-state index contributed by atoms with van der Waals surface area (Å²) in [6.07, 6.45) is 0. The molecule has 80 valence electrons. The second kappa shape index (κ2) is 4.31. The molecule has 0 saturated heterocycles. The summed E-state index contributed by atoms with van der Waals surface area (Å²) in [6, 6.07) is 0.827. The second-order valence-corrected chi connectivity index (χ2v) is 2.86. The first-order chi connectivity index (χ1) is 6.97. The van der Waals surface area contributed by atoms with Crippen LogP contribution in [-0.2, 0) is 0 Å². The average molecular weight is 236 g/mol. The van der Waals surface area contributed by atoms with Crippen molar-refractivity contribution in [1.82, 2.24) is 0 Å². The number of nitro groups is 1. The minimum atomic E-state index is -1.33. The van der Waals surface area contributed by atoms with E-state index in [-0.39, 0.29) is 6.07 Å². The Hall–Kier alpha value is -1.56. The minimum Gasteiger partial charge on any atom is -0.293 e. The summed E-state index contributed by atoms with van der Waals surface area (Å²) in [4.78, 5) is 20.3. The van der Waals surface area contributed by atoms with Crippen molar-refractivity contribution in [3.63, 3.8) is 0 Å². The summed E-state index contributed by atoms with van der Waals surface area (Å²) >= 11 is 5.15. The molecule has 0 aliphatic carbocycles. The molecule has 15 heavy (non-hydrogen) atoms. The van der Waals surface area contributed by atoms with Gasteiger partial charge in [-0.3, -0.25) is 14.9 Å². The van der Waals surface area contributed by atoms with Gasteiger partial charge in [0.1, 0.15) is 5.82 Å². The van der Waals surface area contributed by atoms with E-state index in [1.54, 1.807) is 0 Å². The molecule has 0 spiro atoms. The van der Waals surface area contributed by atoms with Crippen LogP contribution in [0.2, 0.25) is 0 Å². The molecule has 0 radical (unpaired) electrons. The number of benzene rings is 1. The van der Waals surface area contributed by atoms with Gasteiger partial charge in [-0.1, -0.05) is 0 Å². The number of carbonyl (C=O) groups excluding carboxylic acids is 1. The van der Waals surface area contributed by atoms with E-state index in [1.165, 1.54) is 0 Å². The zero-order valence-electron chi connectivity index (χ0n) is 7.17. The summed E-state index contributed by atoms with van der Waals surface area (Å²) in [5, 5.41) is 10.3. The number of nitrogens with zero attached hydrogens (tertiary/aromatic N) is 1. The van der Waals surface area contributed by atoms with Gasteiger partial charge < -0.3 is 0 Å². The van der Waals surface area contributed by atoms with Crippen LogP contribution in [0.25, 0.3) is 0 Å². The maximum atomic E-state index is 13.0. The van der Waals surface area contributed by atoms with Gasteiger partial charge in [0.05, 0.1) is 16.4 Å². The van der Waals surface area contributed by atoms with Gasteiger partial charge in [0.2, 0.25) is 5.82 Å². The summed E-state index contributed by atoms with van der Waals surface area (Å²) in [7, 11) is 0. The van der Waals surface area contributed by atoms with Crippen molar-refractivity contribution in [2.75, 3.05) is 5.88 Å². The number of rotatable bonds is 3. The third-order valence-electron chi connectivity index (χ3n) is 1.65. The van der Waals surface area contributed by atoms with Crippen molar-refractivity contribution in [1.29, 1.82) is 0 Å². The molecular formula is C8H4ClF2NO3. The third-order valence-corrected chi connectivity index (χ3v) is 1.90. The Morgan fingerprint density at radius 1 is 1.40 bits per heavy atom. The highest BCUT2D eigenvalue weighted by molar-refractivity contribution is 6.30. The smallest absolute Gasteiger partial charge is 0.293 e. The molecule has 0 aromatic heterocycles. The highest BCUT2D eigenvalue weighted by atomic mass is 35.5. The quantitative estimate of drug-likeness (QED) is 0.350. The van der Waals surface area contributed by atoms with Gasteiger partial charge in [0.15, 0.2) is 5.78 Å². The molecule has 0 saturated carbocycles. The van der Waals surface area contributed by atoms with Crippen molar-refractivity contribution in [3.05, 3.63) is 39.4 Å². The summed E-state index contributed by atoms with van der Waals surface area (Å²) in [6.45, 7) is 0. The van der Waals surface area contributed by atoms with Crippen molar-refractivity contribution in [2.24, 2.45) is 0 Å². The summed E-state index contributed by atoms with van der Waals surface area (Å²) < 4.78 is 25.8. The molecular weight excluding hydrogens is 232 g/mol. The number of alkyl halides is 1. The Balaban J connectivity index is 3.36. The molecule has 0 bridgehead atoms. The Morgan fingerprint density at radius 3 is 2.47 bits per heavy atom. The fourth-order valence-electron chi connectivity index (χ4n) is 0.963. The highest BCUT2D eigenvalue weighted by Gasteiger charge is 2.21. The predicted octanol–water partition coefficient (Wildman–Crippen LogP) is 2.29. The molecule has 1 rings (SSSR count). The van der Waals surface area contributed by atoms with E-state index in [1.807, 2.05) is 0 Å². The Labute approximate surface area is 87.6 Å². The van der Waals surface area contributed by atoms with Crippen molar-refractivity contribution in [2.45, 2.75) is 0 Å². The molecule has 0 amide bonds. The summed E-state index contributed by atoms with van der Waals surface area (Å²) in [5.74, 6) is -3.86. The Bertz CT molecular complexity index is 436. The first-order valence-corrected chi connectivity index (χ1v) is 4.23. The molecule has 1 aromatic carbocycles. The van der Waals surface area contributed by atoms with E-state index < -0.39 is 39.5 Å². The highest BCUT2D eigenvalue weighted by Crippen LogP contribution is 2.22. The molecule has 0 aliphatic heterocycles. The fraction of sp³-hybridized carbons (Fsp3) is 0.125. The average Bonchev–Trinajstić information content (AvgIpc) is 2.16. The van der Waals surface area contributed by atoms with E-state index in [2.05, 4.69) is 0 Å². The molecule has 0 N–H and O–H groups in total. The van der Waals surface area contributed by atoms with Crippen LogP contribution < -0.4 is 0 Å². The van der Waals surface area contributed by atoms with Crippen LogP contribution in [0.5, 0.6) is 0 Å². The van der Waals surface area contributed by atoms with Crippen LogP contribution in [-0.4, -0.2) is 16.6 Å². The molecule has 0 aliphatic rings. The van der Waals surface area contributed by atoms with Gasteiger partial charge >= 0.3 is 5.69 Å². The Kier molecular flexibility index (Phi) is 3.31. The molecule has 4 nitrogen and oxygen atoms in total. The van der Waals surface area contributed by atoms with E-state index in [4.69, 9.17) is 11.6 Å². The molecule has 0 atom stereocenters. The number of Topliss-reactive ketones (excluding diaryl/α,β-unsaturated/α-hetero) is 1. The molecule has 0 fully saturated rings. The van der Waals surface area contributed by atoms with Gasteiger partial charge in [0, 0.05) is 12.1 Å². The molecule has 7 heteroatoms. The third kappa shape index (κ3) is 2.27. The molecule has 1 aromatic rings. The van der Waals surface area contributed by atoms with Gasteiger partial charge in [-0.05, 0) is 0 Å². The largest absolute Gasteiger partial charge is 0.305 e. The number of hydrogen-bond donors (Lipinski definition) is 0. The standard InChI is InChI=1S/C8H4ClF2NO3/c9-3-8(13)4-1-7(12(14)15)6(11)2-5(4)10/h1-2H,3H2. The van der Waals surface area contributed by atoms with E-state index in [0.29, 0.717) is 6.07 Å². The van der Waals surface area contributed by atoms with Crippen LogP contribution in [0, 0.1) is 21.7 Å². The van der Waals surface area contributed by atoms with Crippen LogP contribution in [0.15, 0.2) is 12.1 Å². The zero-order valence-corrected chi connectivity index (χ0v) is 7.92. The second-order valence-electron chi connectivity index (χ2n) is 2.60. The van der Waals surface area contributed by atoms with E-state index >= 15 is 0 Å². The predicted molar refractivity (Wildman–Crippen MR) is 48.1 cm³/mol. The zero-order chi connectivity index (χ0) is 11.6.